The Morgan fingerprint density at radius 2 is 1.80 bits per heavy atom. The summed E-state index contributed by atoms with van der Waals surface area (Å²) in [5.74, 6) is 1.62. The molecule has 8 nitrogen and oxygen atoms in total. The number of tetrazole rings is 1. The lowest BCUT2D eigenvalue weighted by Gasteiger charge is -2.09. The van der Waals surface area contributed by atoms with E-state index >= 15 is 0 Å². The van der Waals surface area contributed by atoms with Gasteiger partial charge in [-0.1, -0.05) is 68.3 Å². The molecule has 0 fully saturated rings. The van der Waals surface area contributed by atoms with Gasteiger partial charge in [-0.2, -0.15) is 4.98 Å². The van der Waals surface area contributed by atoms with Crippen LogP contribution in [0.3, 0.4) is 0 Å². The summed E-state index contributed by atoms with van der Waals surface area (Å²) < 4.78 is 7.18. The van der Waals surface area contributed by atoms with Crippen molar-refractivity contribution in [2.45, 2.75) is 39.2 Å². The van der Waals surface area contributed by atoms with Crippen molar-refractivity contribution in [3.63, 3.8) is 0 Å². The molecule has 0 aliphatic rings. The van der Waals surface area contributed by atoms with Gasteiger partial charge >= 0.3 is 6.01 Å². The summed E-state index contributed by atoms with van der Waals surface area (Å²) in [6.45, 7) is 2.86. The van der Waals surface area contributed by atoms with Crippen molar-refractivity contribution in [3.8, 4) is 28.5 Å². The Morgan fingerprint density at radius 1 is 1.00 bits per heavy atom. The molecule has 0 aliphatic heterocycles. The normalized spacial score (nSPS) is 11.0. The number of methoxy groups -OCH3 is 1. The van der Waals surface area contributed by atoms with Crippen LogP contribution in [0.15, 0.2) is 48.5 Å². The molecule has 154 valence electrons. The molecule has 0 amide bonds. The van der Waals surface area contributed by atoms with Gasteiger partial charge in [0.25, 0.3) is 0 Å². The second-order valence-corrected chi connectivity index (χ2v) is 7.12. The van der Waals surface area contributed by atoms with Gasteiger partial charge in [0.15, 0.2) is 5.82 Å². The lowest BCUT2D eigenvalue weighted by Crippen LogP contribution is -2.07. The van der Waals surface area contributed by atoms with E-state index in [1.54, 1.807) is 7.11 Å². The number of H-pyrrole nitrogens is 1. The molecule has 0 aliphatic carbocycles. The Labute approximate surface area is 175 Å². The second kappa shape index (κ2) is 9.30. The van der Waals surface area contributed by atoms with Crippen LogP contribution in [0.25, 0.3) is 22.5 Å². The van der Waals surface area contributed by atoms with Crippen molar-refractivity contribution in [3.05, 3.63) is 59.9 Å². The first-order valence-corrected chi connectivity index (χ1v) is 10.2. The number of nitrogens with zero attached hydrogens (tertiary/aromatic N) is 6. The highest BCUT2D eigenvalue weighted by atomic mass is 16.5. The molecule has 0 radical (unpaired) electrons. The van der Waals surface area contributed by atoms with Gasteiger partial charge in [0.1, 0.15) is 5.82 Å². The van der Waals surface area contributed by atoms with Crippen LogP contribution in [0.1, 0.15) is 37.6 Å². The first-order chi connectivity index (χ1) is 14.8. The number of nitrogens with one attached hydrogen (secondary N) is 1. The smallest absolute Gasteiger partial charge is 0.335 e. The molecule has 2 aromatic heterocycles. The number of aromatic nitrogens is 7. The summed E-state index contributed by atoms with van der Waals surface area (Å²) >= 11 is 0. The van der Waals surface area contributed by atoms with Crippen LogP contribution in [-0.4, -0.2) is 42.5 Å². The van der Waals surface area contributed by atoms with Gasteiger partial charge in [-0.15, -0.1) is 10.2 Å². The second-order valence-electron chi connectivity index (χ2n) is 7.12. The quantitative estimate of drug-likeness (QED) is 0.426. The Balaban J connectivity index is 1.55. The third kappa shape index (κ3) is 4.37. The molecule has 0 atom stereocenters. The highest BCUT2D eigenvalue weighted by Crippen LogP contribution is 2.29. The average Bonchev–Trinajstić information content (AvgIpc) is 3.45. The molecule has 4 aromatic rings. The molecule has 2 aromatic carbocycles. The van der Waals surface area contributed by atoms with Crippen molar-refractivity contribution in [2.24, 2.45) is 0 Å². The number of rotatable bonds is 9. The first-order valence-electron chi connectivity index (χ1n) is 10.2. The minimum Gasteiger partial charge on any atom is -0.466 e. The van der Waals surface area contributed by atoms with E-state index in [2.05, 4.69) is 68.0 Å². The van der Waals surface area contributed by atoms with Crippen LogP contribution >= 0.6 is 0 Å². The van der Waals surface area contributed by atoms with E-state index in [0.717, 1.165) is 40.9 Å². The fourth-order valence-electron chi connectivity index (χ4n) is 3.46. The summed E-state index contributed by atoms with van der Waals surface area (Å²) in [4.78, 5) is 4.51. The number of hydrogen-bond donors (Lipinski definition) is 1. The number of ether oxygens (including phenoxy) is 1. The van der Waals surface area contributed by atoms with Gasteiger partial charge < -0.3 is 4.74 Å². The van der Waals surface area contributed by atoms with Crippen LogP contribution in [0.4, 0.5) is 0 Å². The van der Waals surface area contributed by atoms with E-state index in [1.165, 1.54) is 12.8 Å². The molecule has 0 bridgehead atoms. The molecule has 8 heteroatoms. The van der Waals surface area contributed by atoms with Gasteiger partial charge in [0.05, 0.1) is 13.7 Å². The molecule has 0 saturated heterocycles. The zero-order valence-electron chi connectivity index (χ0n) is 17.2. The molecule has 0 spiro atoms. The Kier molecular flexibility index (Phi) is 6.12. The monoisotopic (exact) mass is 403 g/mol. The molecule has 0 saturated carbocycles. The Hall–Kier alpha value is -3.55. The van der Waals surface area contributed by atoms with E-state index < -0.39 is 0 Å². The average molecular weight is 403 g/mol. The van der Waals surface area contributed by atoms with Crippen molar-refractivity contribution in [2.75, 3.05) is 7.11 Å². The van der Waals surface area contributed by atoms with Crippen molar-refractivity contribution in [1.29, 1.82) is 0 Å². The number of benzene rings is 2. The number of aromatic amines is 1. The topological polar surface area (TPSA) is 94.4 Å². The van der Waals surface area contributed by atoms with Crippen LogP contribution in [0.2, 0.25) is 0 Å². The van der Waals surface area contributed by atoms with Gasteiger partial charge in [0.2, 0.25) is 0 Å². The summed E-state index contributed by atoms with van der Waals surface area (Å²) in [6, 6.07) is 17.0. The lowest BCUT2D eigenvalue weighted by molar-refractivity contribution is 0.377. The summed E-state index contributed by atoms with van der Waals surface area (Å²) in [6.07, 6.45) is 4.37. The van der Waals surface area contributed by atoms with Crippen molar-refractivity contribution < 1.29 is 4.74 Å². The Bertz CT molecular complexity index is 1070. The maximum absolute atomic E-state index is 5.24. The SMILES string of the molecule is CCCCCc1nc(OC)nn1Cc1ccc(-c2ccccc2-c2nnn[nH]2)cc1. The first kappa shape index (κ1) is 19.8. The van der Waals surface area contributed by atoms with Crippen molar-refractivity contribution >= 4 is 0 Å². The van der Waals surface area contributed by atoms with Crippen LogP contribution in [0, 0.1) is 0 Å². The van der Waals surface area contributed by atoms with E-state index in [4.69, 9.17) is 4.74 Å². The fraction of sp³-hybridized carbons (Fsp3) is 0.318. The zero-order valence-corrected chi connectivity index (χ0v) is 17.2. The van der Waals surface area contributed by atoms with Gasteiger partial charge in [-0.25, -0.2) is 9.78 Å². The molecular formula is C22H25N7O. The Morgan fingerprint density at radius 3 is 2.50 bits per heavy atom. The summed E-state index contributed by atoms with van der Waals surface area (Å²) in [5.41, 5.74) is 4.30. The third-order valence-electron chi connectivity index (χ3n) is 5.04. The van der Waals surface area contributed by atoms with E-state index in [-0.39, 0.29) is 0 Å². The largest absolute Gasteiger partial charge is 0.466 e. The van der Waals surface area contributed by atoms with Crippen LogP contribution < -0.4 is 4.74 Å². The molecule has 30 heavy (non-hydrogen) atoms. The third-order valence-corrected chi connectivity index (χ3v) is 5.04. The van der Waals surface area contributed by atoms with Gasteiger partial charge in [-0.05, 0) is 33.5 Å². The zero-order chi connectivity index (χ0) is 20.8. The number of hydrogen-bond acceptors (Lipinski definition) is 6. The maximum atomic E-state index is 5.24. The molecule has 2 heterocycles. The van der Waals surface area contributed by atoms with Gasteiger partial charge in [0, 0.05) is 12.0 Å². The van der Waals surface area contributed by atoms with Crippen LogP contribution in [-0.2, 0) is 13.0 Å². The molecule has 4 rings (SSSR count). The van der Waals surface area contributed by atoms with E-state index in [1.807, 2.05) is 22.9 Å². The summed E-state index contributed by atoms with van der Waals surface area (Å²) in [7, 11) is 1.60. The molecule has 1 N–H and O–H groups in total. The predicted octanol–water partition coefficient (Wildman–Crippen LogP) is 3.91. The molecule has 0 unspecified atom stereocenters. The van der Waals surface area contributed by atoms with Crippen LogP contribution in [0.5, 0.6) is 6.01 Å². The minimum absolute atomic E-state index is 0.424. The lowest BCUT2D eigenvalue weighted by atomic mass is 9.98. The van der Waals surface area contributed by atoms with Gasteiger partial charge in [-0.3, -0.25) is 0 Å². The number of unbranched alkanes of at least 4 members (excludes halogenated alkanes) is 2. The fourth-order valence-corrected chi connectivity index (χ4v) is 3.46. The predicted molar refractivity (Wildman–Crippen MR) is 114 cm³/mol. The van der Waals surface area contributed by atoms with Crippen molar-refractivity contribution in [1.82, 2.24) is 35.4 Å². The standard InChI is InChI=1S/C22H25N7O/c1-3-4-5-10-20-23-22(30-2)26-29(20)15-16-11-13-17(14-12-16)18-8-6-7-9-19(18)21-24-27-28-25-21/h6-9,11-14H,3-5,10,15H2,1-2H3,(H,24,25,27,28). The molecular weight excluding hydrogens is 378 g/mol. The highest BCUT2D eigenvalue weighted by molar-refractivity contribution is 5.80. The maximum Gasteiger partial charge on any atom is 0.335 e. The van der Waals surface area contributed by atoms with E-state index in [9.17, 15) is 0 Å². The van der Waals surface area contributed by atoms with E-state index in [0.29, 0.717) is 18.4 Å². The number of aryl methyl sites for hydroxylation is 1. The summed E-state index contributed by atoms with van der Waals surface area (Å²) in [5, 5.41) is 18.8. The minimum atomic E-state index is 0.424. The highest BCUT2D eigenvalue weighted by Gasteiger charge is 2.12.